The van der Waals surface area contributed by atoms with Crippen LogP contribution in [0.1, 0.15) is 32.1 Å². The van der Waals surface area contributed by atoms with Crippen LogP contribution in [0.25, 0.3) is 11.0 Å². The molecule has 0 radical (unpaired) electrons. The molecular formula is C21H26N6O2. The Morgan fingerprint density at radius 2 is 2.17 bits per heavy atom. The number of amides is 1. The number of carbonyl (C=O) groups is 1. The number of nitrogens with two attached hydrogens (primary N) is 1. The molecule has 1 saturated carbocycles. The highest BCUT2D eigenvalue weighted by molar-refractivity contribution is 5.90. The molecule has 8 nitrogen and oxygen atoms in total. The molecule has 0 spiro atoms. The molecule has 3 heterocycles. The van der Waals surface area contributed by atoms with Crippen molar-refractivity contribution in [3.8, 4) is 11.8 Å². The van der Waals surface area contributed by atoms with Crippen LogP contribution in [-0.4, -0.2) is 41.2 Å². The van der Waals surface area contributed by atoms with E-state index < -0.39 is 0 Å². The van der Waals surface area contributed by atoms with Gasteiger partial charge in [-0.3, -0.25) is 4.79 Å². The fraction of sp³-hybridized carbons (Fsp3) is 0.571. The monoisotopic (exact) mass is 394 g/mol. The Bertz CT molecular complexity index is 989. The number of primary amides is 1. The maximum absolute atomic E-state index is 11.9. The number of aryl methyl sites for hydroxylation is 1. The second kappa shape index (κ2) is 7.14. The molecule has 8 heteroatoms. The van der Waals surface area contributed by atoms with Crippen LogP contribution in [0.5, 0.6) is 5.75 Å². The molecule has 3 aliphatic rings. The molecule has 1 unspecified atom stereocenters. The lowest BCUT2D eigenvalue weighted by Crippen LogP contribution is -2.37. The van der Waals surface area contributed by atoms with Crippen LogP contribution in [0.4, 0.5) is 11.6 Å². The Labute approximate surface area is 169 Å². The van der Waals surface area contributed by atoms with Crippen molar-refractivity contribution < 1.29 is 9.53 Å². The third kappa shape index (κ3) is 3.35. The number of ether oxygens (including phenoxy) is 1. The van der Waals surface area contributed by atoms with E-state index in [4.69, 9.17) is 15.5 Å². The highest BCUT2D eigenvalue weighted by Gasteiger charge is 2.35. The van der Waals surface area contributed by atoms with Crippen molar-refractivity contribution in [2.24, 2.45) is 17.6 Å². The van der Waals surface area contributed by atoms with Gasteiger partial charge in [-0.15, -0.1) is 0 Å². The van der Waals surface area contributed by atoms with E-state index in [1.165, 1.54) is 0 Å². The lowest BCUT2D eigenvalue weighted by atomic mass is 10.0. The number of carbonyl (C=O) groups excluding carboxylic acids is 1. The van der Waals surface area contributed by atoms with Crippen molar-refractivity contribution in [3.63, 3.8) is 0 Å². The third-order valence-corrected chi connectivity index (χ3v) is 6.18. The van der Waals surface area contributed by atoms with Gasteiger partial charge in [0.2, 0.25) is 11.9 Å². The van der Waals surface area contributed by atoms with E-state index >= 15 is 0 Å². The first-order chi connectivity index (χ1) is 14.1. The van der Waals surface area contributed by atoms with Crippen molar-refractivity contribution in [1.29, 1.82) is 5.26 Å². The molecule has 2 fully saturated rings. The maximum atomic E-state index is 11.9. The van der Waals surface area contributed by atoms with Gasteiger partial charge in [-0.25, -0.2) is 4.98 Å². The van der Waals surface area contributed by atoms with E-state index in [1.807, 2.05) is 12.1 Å². The van der Waals surface area contributed by atoms with E-state index in [1.54, 1.807) is 0 Å². The van der Waals surface area contributed by atoms with Gasteiger partial charge >= 0.3 is 0 Å². The standard InChI is InChI=1S/C21H26N6O2/c22-11-13-3-1-6-26(12-13)21-25-16-9-15(24-18(20(23)28)14-4-5-14)10-17-19(16)27(21)7-2-8-29-17/h9-10,13-14,18,24H,1-8,12H2,(H2,23,28)/t13?,18-/m0/s1. The topological polar surface area (TPSA) is 109 Å². The van der Waals surface area contributed by atoms with Crippen molar-refractivity contribution in [2.75, 3.05) is 29.9 Å². The maximum Gasteiger partial charge on any atom is 0.240 e. The summed E-state index contributed by atoms with van der Waals surface area (Å²) in [6.07, 6.45) is 4.90. The molecule has 1 aliphatic carbocycles. The smallest absolute Gasteiger partial charge is 0.240 e. The summed E-state index contributed by atoms with van der Waals surface area (Å²) in [5.41, 5.74) is 8.26. The number of nitriles is 1. The van der Waals surface area contributed by atoms with E-state index in [0.717, 1.165) is 73.6 Å². The van der Waals surface area contributed by atoms with Gasteiger partial charge in [0.15, 0.2) is 0 Å². The van der Waals surface area contributed by atoms with Crippen LogP contribution in [0, 0.1) is 23.2 Å². The first kappa shape index (κ1) is 18.1. The SMILES string of the molecule is N#CC1CCCN(c2nc3cc(N[C@H](C(N)=O)C4CC4)cc4c3n2CCCO4)C1. The summed E-state index contributed by atoms with van der Waals surface area (Å²) in [6.45, 7) is 3.11. The van der Waals surface area contributed by atoms with Gasteiger partial charge in [0.05, 0.1) is 24.1 Å². The molecule has 0 bridgehead atoms. The van der Waals surface area contributed by atoms with Crippen LogP contribution in [0.3, 0.4) is 0 Å². The first-order valence-electron chi connectivity index (χ1n) is 10.5. The third-order valence-electron chi connectivity index (χ3n) is 6.18. The van der Waals surface area contributed by atoms with E-state index in [2.05, 4.69) is 20.9 Å². The molecule has 2 aliphatic heterocycles. The number of nitrogens with one attached hydrogen (secondary N) is 1. The molecule has 152 valence electrons. The van der Waals surface area contributed by atoms with E-state index in [-0.39, 0.29) is 17.9 Å². The highest BCUT2D eigenvalue weighted by atomic mass is 16.5. The molecule has 1 aromatic heterocycles. The number of imidazole rings is 1. The zero-order chi connectivity index (χ0) is 20.0. The minimum absolute atomic E-state index is 0.0463. The summed E-state index contributed by atoms with van der Waals surface area (Å²) in [5.74, 6) is 1.74. The Morgan fingerprint density at radius 3 is 2.93 bits per heavy atom. The van der Waals surface area contributed by atoms with Gasteiger partial charge in [0, 0.05) is 31.4 Å². The summed E-state index contributed by atoms with van der Waals surface area (Å²) >= 11 is 0. The number of piperidine rings is 1. The number of anilines is 2. The molecule has 2 aromatic rings. The molecule has 29 heavy (non-hydrogen) atoms. The zero-order valence-corrected chi connectivity index (χ0v) is 16.4. The number of rotatable bonds is 5. The van der Waals surface area contributed by atoms with Crippen LogP contribution < -0.4 is 20.7 Å². The number of hydrogen-bond donors (Lipinski definition) is 2. The fourth-order valence-corrected chi connectivity index (χ4v) is 4.56. The van der Waals surface area contributed by atoms with Crippen LogP contribution >= 0.6 is 0 Å². The average molecular weight is 394 g/mol. The first-order valence-corrected chi connectivity index (χ1v) is 10.5. The summed E-state index contributed by atoms with van der Waals surface area (Å²) < 4.78 is 8.26. The van der Waals surface area contributed by atoms with Crippen LogP contribution in [0.15, 0.2) is 12.1 Å². The van der Waals surface area contributed by atoms with Crippen molar-refractivity contribution in [2.45, 2.75) is 44.7 Å². The predicted molar refractivity (Wildman–Crippen MR) is 110 cm³/mol. The van der Waals surface area contributed by atoms with Crippen molar-refractivity contribution >= 4 is 28.6 Å². The van der Waals surface area contributed by atoms with Crippen LogP contribution in [-0.2, 0) is 11.3 Å². The summed E-state index contributed by atoms with van der Waals surface area (Å²) in [5, 5.41) is 12.7. The van der Waals surface area contributed by atoms with E-state index in [9.17, 15) is 10.1 Å². The second-order valence-corrected chi connectivity index (χ2v) is 8.38. The summed E-state index contributed by atoms with van der Waals surface area (Å²) in [7, 11) is 0. The van der Waals surface area contributed by atoms with Crippen LogP contribution in [0.2, 0.25) is 0 Å². The lowest BCUT2D eigenvalue weighted by molar-refractivity contribution is -0.119. The quantitative estimate of drug-likeness (QED) is 0.805. The highest BCUT2D eigenvalue weighted by Crippen LogP contribution is 2.38. The van der Waals surface area contributed by atoms with Gasteiger partial charge in [0.1, 0.15) is 17.3 Å². The number of hydrogen-bond acceptors (Lipinski definition) is 6. The number of aromatic nitrogens is 2. The Morgan fingerprint density at radius 1 is 1.31 bits per heavy atom. The molecule has 1 saturated heterocycles. The fourth-order valence-electron chi connectivity index (χ4n) is 4.56. The molecule has 1 amide bonds. The Hall–Kier alpha value is -2.95. The minimum Gasteiger partial charge on any atom is -0.491 e. The lowest BCUT2D eigenvalue weighted by Gasteiger charge is -2.30. The van der Waals surface area contributed by atoms with Gasteiger partial charge in [0.25, 0.3) is 0 Å². The number of benzene rings is 1. The largest absolute Gasteiger partial charge is 0.491 e. The zero-order valence-electron chi connectivity index (χ0n) is 16.4. The predicted octanol–water partition coefficient (Wildman–Crippen LogP) is 2.23. The van der Waals surface area contributed by atoms with E-state index in [0.29, 0.717) is 19.1 Å². The molecular weight excluding hydrogens is 368 g/mol. The molecule has 3 N–H and O–H groups in total. The van der Waals surface area contributed by atoms with Gasteiger partial charge in [-0.05, 0) is 44.1 Å². The van der Waals surface area contributed by atoms with Gasteiger partial charge in [-0.1, -0.05) is 0 Å². The summed E-state index contributed by atoms with van der Waals surface area (Å²) in [6, 6.07) is 6.00. The molecule has 5 rings (SSSR count). The number of nitrogens with zero attached hydrogens (tertiary/aromatic N) is 4. The van der Waals surface area contributed by atoms with Crippen molar-refractivity contribution in [3.05, 3.63) is 12.1 Å². The van der Waals surface area contributed by atoms with Gasteiger partial charge in [-0.2, -0.15) is 5.26 Å². The average Bonchev–Trinajstić information content (AvgIpc) is 3.52. The molecule has 1 aromatic carbocycles. The minimum atomic E-state index is -0.356. The summed E-state index contributed by atoms with van der Waals surface area (Å²) in [4.78, 5) is 19.0. The second-order valence-electron chi connectivity index (χ2n) is 8.38. The van der Waals surface area contributed by atoms with Crippen molar-refractivity contribution in [1.82, 2.24) is 9.55 Å². The Balaban J connectivity index is 1.54. The van der Waals surface area contributed by atoms with Gasteiger partial charge < -0.3 is 25.3 Å². The molecule has 2 atom stereocenters. The normalized spacial score (nSPS) is 22.4. The Kier molecular flexibility index (Phi) is 4.46.